The zero-order valence-corrected chi connectivity index (χ0v) is 11.6. The van der Waals surface area contributed by atoms with Crippen molar-refractivity contribution >= 4 is 27.0 Å². The molecule has 0 bridgehead atoms. The molecular weight excluding hydrogens is 272 g/mol. The summed E-state index contributed by atoms with van der Waals surface area (Å²) < 4.78 is 33.2. The number of hydrogen-bond acceptors (Lipinski definition) is 2. The molecule has 3 nitrogen and oxygen atoms in total. The minimum absolute atomic E-state index is 0.426. The summed E-state index contributed by atoms with van der Waals surface area (Å²) in [6, 6.07) is 11.4. The van der Waals surface area contributed by atoms with E-state index in [9.17, 15) is 13.0 Å². The molecule has 0 aromatic heterocycles. The maximum atomic E-state index is 11.8. The number of rotatable bonds is 3. The fourth-order valence-corrected chi connectivity index (χ4v) is 3.96. The van der Waals surface area contributed by atoms with Crippen LogP contribution in [0.25, 0.3) is 16.8 Å². The highest BCUT2D eigenvalue weighted by Crippen LogP contribution is 2.42. The van der Waals surface area contributed by atoms with Gasteiger partial charge in [0.25, 0.3) is 10.1 Å². The van der Waals surface area contributed by atoms with Gasteiger partial charge in [0, 0.05) is 0 Å². The molecule has 0 saturated carbocycles. The van der Waals surface area contributed by atoms with Gasteiger partial charge in [0.05, 0.1) is 0 Å². The molecule has 2 aromatic carbocycles. The molecule has 1 aliphatic carbocycles. The Kier molecular flexibility index (Phi) is 3.00. The molecule has 1 unspecified atom stereocenters. The third-order valence-corrected chi connectivity index (χ3v) is 4.76. The smallest absolute Gasteiger partial charge is 0.275 e. The highest BCUT2D eigenvalue weighted by molar-refractivity contribution is 7.86. The maximum Gasteiger partial charge on any atom is 0.275 e. The molecule has 1 N–H and O–H groups in total. The SMILES string of the molecule is C=CCC1=Cc2cccc3cccc(c23)C1S(=O)(=O)O. The zero-order valence-electron chi connectivity index (χ0n) is 10.8. The van der Waals surface area contributed by atoms with Gasteiger partial charge in [-0.1, -0.05) is 48.6 Å². The lowest BCUT2D eigenvalue weighted by molar-refractivity contribution is 0.474. The van der Waals surface area contributed by atoms with Crippen molar-refractivity contribution in [3.05, 3.63) is 65.8 Å². The van der Waals surface area contributed by atoms with E-state index in [1.165, 1.54) is 0 Å². The second kappa shape index (κ2) is 4.58. The fourth-order valence-electron chi connectivity index (χ4n) is 2.90. The third-order valence-electron chi connectivity index (χ3n) is 3.61. The van der Waals surface area contributed by atoms with Gasteiger partial charge in [0.15, 0.2) is 0 Å². The van der Waals surface area contributed by atoms with E-state index in [4.69, 9.17) is 0 Å². The monoisotopic (exact) mass is 286 g/mol. The lowest BCUT2D eigenvalue weighted by Gasteiger charge is -2.24. The molecule has 0 saturated heterocycles. The summed E-state index contributed by atoms with van der Waals surface area (Å²) in [5, 5.41) is 0.868. The summed E-state index contributed by atoms with van der Waals surface area (Å²) in [6.07, 6.45) is 3.92. The minimum Gasteiger partial charge on any atom is -0.285 e. The predicted octanol–water partition coefficient (Wildman–Crippen LogP) is 3.74. The van der Waals surface area contributed by atoms with Gasteiger partial charge in [-0.3, -0.25) is 4.55 Å². The second-order valence-electron chi connectivity index (χ2n) is 4.90. The molecule has 1 aliphatic rings. The normalized spacial score (nSPS) is 17.9. The Morgan fingerprint density at radius 2 is 1.90 bits per heavy atom. The van der Waals surface area contributed by atoms with Crippen LogP contribution in [0.5, 0.6) is 0 Å². The summed E-state index contributed by atoms with van der Waals surface area (Å²) >= 11 is 0. The Morgan fingerprint density at radius 3 is 2.55 bits per heavy atom. The second-order valence-corrected chi connectivity index (χ2v) is 6.40. The molecule has 0 aliphatic heterocycles. The topological polar surface area (TPSA) is 54.4 Å². The first-order chi connectivity index (χ1) is 9.52. The lowest BCUT2D eigenvalue weighted by Crippen LogP contribution is -2.17. The standard InChI is InChI=1S/C16H14O3S/c1-2-5-13-10-12-8-3-6-11-7-4-9-14(15(11)12)16(13)20(17,18)19/h2-4,6-10,16H,1,5H2,(H,17,18,19). The van der Waals surface area contributed by atoms with Gasteiger partial charge in [-0.2, -0.15) is 8.42 Å². The fraction of sp³-hybridized carbons (Fsp3) is 0.125. The molecule has 0 spiro atoms. The molecule has 102 valence electrons. The van der Waals surface area contributed by atoms with Gasteiger partial charge in [-0.05, 0) is 33.9 Å². The summed E-state index contributed by atoms with van der Waals surface area (Å²) in [6.45, 7) is 3.66. The van der Waals surface area contributed by atoms with Crippen molar-refractivity contribution in [2.45, 2.75) is 11.7 Å². The molecule has 0 fully saturated rings. The first-order valence-corrected chi connectivity index (χ1v) is 7.82. The van der Waals surface area contributed by atoms with E-state index in [1.54, 1.807) is 12.1 Å². The first kappa shape index (κ1) is 13.1. The minimum atomic E-state index is -4.20. The predicted molar refractivity (Wildman–Crippen MR) is 81.0 cm³/mol. The average molecular weight is 286 g/mol. The largest absolute Gasteiger partial charge is 0.285 e. The molecule has 0 heterocycles. The number of allylic oxidation sites excluding steroid dienone is 1. The molecule has 3 rings (SSSR count). The van der Waals surface area contributed by atoms with Crippen molar-refractivity contribution in [3.8, 4) is 0 Å². The van der Waals surface area contributed by atoms with E-state index in [0.29, 0.717) is 17.6 Å². The van der Waals surface area contributed by atoms with Crippen molar-refractivity contribution in [2.24, 2.45) is 0 Å². The van der Waals surface area contributed by atoms with Crippen LogP contribution < -0.4 is 0 Å². The van der Waals surface area contributed by atoms with Crippen LogP contribution in [0.1, 0.15) is 22.8 Å². The Labute approximate surface area is 118 Å². The first-order valence-electron chi connectivity index (χ1n) is 6.31. The van der Waals surface area contributed by atoms with Crippen molar-refractivity contribution in [1.29, 1.82) is 0 Å². The summed E-state index contributed by atoms with van der Waals surface area (Å²) in [5.74, 6) is 0. The van der Waals surface area contributed by atoms with Gasteiger partial charge >= 0.3 is 0 Å². The van der Waals surface area contributed by atoms with Crippen molar-refractivity contribution in [3.63, 3.8) is 0 Å². The zero-order chi connectivity index (χ0) is 14.3. The summed E-state index contributed by atoms with van der Waals surface area (Å²) in [4.78, 5) is 0. The number of benzene rings is 2. The van der Waals surface area contributed by atoms with Crippen molar-refractivity contribution in [2.75, 3.05) is 0 Å². The van der Waals surface area contributed by atoms with E-state index in [1.807, 2.05) is 36.4 Å². The van der Waals surface area contributed by atoms with Crippen LogP contribution in [0.4, 0.5) is 0 Å². The van der Waals surface area contributed by atoms with Gasteiger partial charge in [-0.25, -0.2) is 0 Å². The summed E-state index contributed by atoms with van der Waals surface area (Å²) in [5.41, 5.74) is 2.27. The number of hydrogen-bond donors (Lipinski definition) is 1. The van der Waals surface area contributed by atoms with E-state index in [0.717, 1.165) is 16.3 Å². The molecule has 0 amide bonds. The van der Waals surface area contributed by atoms with Crippen LogP contribution in [0.15, 0.2) is 54.6 Å². The van der Waals surface area contributed by atoms with Gasteiger partial charge in [0.1, 0.15) is 5.25 Å². The molecule has 0 radical (unpaired) electrons. The molecule has 1 atom stereocenters. The Balaban J connectivity index is 2.40. The molecule has 20 heavy (non-hydrogen) atoms. The van der Waals surface area contributed by atoms with Crippen LogP contribution in [-0.4, -0.2) is 13.0 Å². The molecule has 2 aromatic rings. The van der Waals surface area contributed by atoms with Crippen molar-refractivity contribution in [1.82, 2.24) is 0 Å². The maximum absolute atomic E-state index is 11.8. The van der Waals surface area contributed by atoms with E-state index < -0.39 is 15.4 Å². The molecule has 4 heteroatoms. The Morgan fingerprint density at radius 1 is 1.20 bits per heavy atom. The highest BCUT2D eigenvalue weighted by Gasteiger charge is 2.32. The van der Waals surface area contributed by atoms with E-state index in [-0.39, 0.29) is 0 Å². The Bertz CT molecular complexity index is 827. The lowest BCUT2D eigenvalue weighted by atomic mass is 9.87. The van der Waals surface area contributed by atoms with E-state index >= 15 is 0 Å². The van der Waals surface area contributed by atoms with E-state index in [2.05, 4.69) is 6.58 Å². The van der Waals surface area contributed by atoms with Crippen LogP contribution in [0.2, 0.25) is 0 Å². The van der Waals surface area contributed by atoms with Crippen LogP contribution in [0, 0.1) is 0 Å². The van der Waals surface area contributed by atoms with Crippen LogP contribution in [-0.2, 0) is 10.1 Å². The van der Waals surface area contributed by atoms with Crippen LogP contribution >= 0.6 is 0 Å². The quantitative estimate of drug-likeness (QED) is 0.690. The van der Waals surface area contributed by atoms with Crippen LogP contribution in [0.3, 0.4) is 0 Å². The Hall–Kier alpha value is -1.91. The highest BCUT2D eigenvalue weighted by atomic mass is 32.2. The van der Waals surface area contributed by atoms with Gasteiger partial charge in [-0.15, -0.1) is 6.58 Å². The summed E-state index contributed by atoms with van der Waals surface area (Å²) in [7, 11) is -4.20. The average Bonchev–Trinajstić information content (AvgIpc) is 2.38. The van der Waals surface area contributed by atoms with Gasteiger partial charge in [0.2, 0.25) is 0 Å². The van der Waals surface area contributed by atoms with Crippen molar-refractivity contribution < 1.29 is 13.0 Å². The third kappa shape index (κ3) is 1.97. The molecular formula is C16H14O3S. The van der Waals surface area contributed by atoms with Gasteiger partial charge < -0.3 is 0 Å².